The fourth-order valence-corrected chi connectivity index (χ4v) is 3.23. The van der Waals surface area contributed by atoms with Gasteiger partial charge in [-0.3, -0.25) is 0 Å². The second-order valence-electron chi connectivity index (χ2n) is 7.02. The fourth-order valence-electron chi connectivity index (χ4n) is 2.87. The number of nitrogens with one attached hydrogen (secondary N) is 1. The molecular formula is C18H27BrN2O3. The van der Waals surface area contributed by atoms with Gasteiger partial charge in [0.15, 0.2) is 0 Å². The number of rotatable bonds is 7. The molecule has 0 unspecified atom stereocenters. The van der Waals surface area contributed by atoms with Gasteiger partial charge in [0.1, 0.15) is 12.2 Å². The van der Waals surface area contributed by atoms with Crippen molar-refractivity contribution in [3.05, 3.63) is 33.9 Å². The molecule has 0 saturated carbocycles. The van der Waals surface area contributed by atoms with E-state index in [0.29, 0.717) is 0 Å². The molecule has 2 atom stereocenters. The Morgan fingerprint density at radius 3 is 2.54 bits per heavy atom. The van der Waals surface area contributed by atoms with Crippen molar-refractivity contribution >= 4 is 26.8 Å². The van der Waals surface area contributed by atoms with Gasteiger partial charge < -0.3 is 24.8 Å². The number of aromatic amines is 1. The van der Waals surface area contributed by atoms with Crippen LogP contribution >= 0.6 is 15.9 Å². The van der Waals surface area contributed by atoms with Gasteiger partial charge in [0.05, 0.1) is 11.3 Å². The SMILES string of the molecule is CO[C@H](c1[nH]c2cc(Br)ccc2c1CCN(C)C)[C@@H](O)C(C)(C)O. The van der Waals surface area contributed by atoms with E-state index in [1.54, 1.807) is 21.0 Å². The van der Waals surface area contributed by atoms with Gasteiger partial charge in [-0.2, -0.15) is 0 Å². The van der Waals surface area contributed by atoms with Gasteiger partial charge in [0.25, 0.3) is 0 Å². The molecular weight excluding hydrogens is 372 g/mol. The number of H-pyrrole nitrogens is 1. The lowest BCUT2D eigenvalue weighted by molar-refractivity contribution is -0.120. The number of ether oxygens (including phenoxy) is 1. The van der Waals surface area contributed by atoms with Gasteiger partial charge >= 0.3 is 0 Å². The number of nitrogens with zero attached hydrogens (tertiary/aromatic N) is 1. The molecule has 6 heteroatoms. The van der Waals surface area contributed by atoms with E-state index in [2.05, 4.69) is 31.9 Å². The highest BCUT2D eigenvalue weighted by molar-refractivity contribution is 9.10. The van der Waals surface area contributed by atoms with Crippen LogP contribution in [0.4, 0.5) is 0 Å². The van der Waals surface area contributed by atoms with Crippen LogP contribution < -0.4 is 0 Å². The quantitative estimate of drug-likeness (QED) is 0.670. The Balaban J connectivity index is 2.55. The lowest BCUT2D eigenvalue weighted by Crippen LogP contribution is -2.41. The maximum atomic E-state index is 10.6. The number of hydrogen-bond donors (Lipinski definition) is 3. The van der Waals surface area contributed by atoms with E-state index in [4.69, 9.17) is 4.74 Å². The molecule has 0 radical (unpaired) electrons. The third-order valence-corrected chi connectivity index (χ3v) is 4.75. The van der Waals surface area contributed by atoms with Crippen LogP contribution in [0, 0.1) is 0 Å². The molecule has 3 N–H and O–H groups in total. The van der Waals surface area contributed by atoms with Crippen LogP contribution in [-0.2, 0) is 11.2 Å². The maximum absolute atomic E-state index is 10.6. The average Bonchev–Trinajstić information content (AvgIpc) is 2.82. The zero-order chi connectivity index (χ0) is 18.1. The van der Waals surface area contributed by atoms with Crippen molar-refractivity contribution in [1.82, 2.24) is 9.88 Å². The number of fused-ring (bicyclic) bond motifs is 1. The first-order chi connectivity index (χ1) is 11.1. The van der Waals surface area contributed by atoms with Gasteiger partial charge in [0, 0.05) is 29.0 Å². The first kappa shape index (κ1) is 19.4. The van der Waals surface area contributed by atoms with Gasteiger partial charge in [-0.1, -0.05) is 22.0 Å². The molecule has 0 aliphatic carbocycles. The molecule has 2 rings (SSSR count). The van der Waals surface area contributed by atoms with Crippen LogP contribution in [0.15, 0.2) is 22.7 Å². The number of methoxy groups -OCH3 is 1. The van der Waals surface area contributed by atoms with E-state index in [-0.39, 0.29) is 0 Å². The van der Waals surface area contributed by atoms with Crippen LogP contribution in [0.5, 0.6) is 0 Å². The average molecular weight is 399 g/mol. The van der Waals surface area contributed by atoms with Crippen molar-refractivity contribution in [2.24, 2.45) is 0 Å². The Kier molecular flexibility index (Phi) is 6.09. The van der Waals surface area contributed by atoms with Gasteiger partial charge in [0.2, 0.25) is 0 Å². The predicted octanol–water partition coefficient (Wildman–Crippen LogP) is 2.85. The molecule has 1 heterocycles. The Hall–Kier alpha value is -0.920. The summed E-state index contributed by atoms with van der Waals surface area (Å²) in [4.78, 5) is 5.51. The molecule has 134 valence electrons. The molecule has 5 nitrogen and oxygen atoms in total. The highest BCUT2D eigenvalue weighted by atomic mass is 79.9. The molecule has 1 aromatic carbocycles. The molecule has 0 bridgehead atoms. The summed E-state index contributed by atoms with van der Waals surface area (Å²) in [6, 6.07) is 6.09. The third kappa shape index (κ3) is 4.18. The standard InChI is InChI=1S/C18H27BrN2O3/c1-18(2,23)17(22)16(24-5)15-13(8-9-21(3)4)12-7-6-11(19)10-14(12)20-15/h6-7,10,16-17,20,22-23H,8-9H2,1-5H3/t16-,17-/m1/s1. The molecule has 0 saturated heterocycles. The topological polar surface area (TPSA) is 68.7 Å². The molecule has 0 aliphatic rings. The Morgan fingerprint density at radius 1 is 1.33 bits per heavy atom. The largest absolute Gasteiger partial charge is 0.388 e. The minimum atomic E-state index is -1.27. The van der Waals surface area contributed by atoms with Gasteiger partial charge in [-0.05, 0) is 52.1 Å². The van der Waals surface area contributed by atoms with Crippen molar-refractivity contribution in [2.75, 3.05) is 27.7 Å². The van der Waals surface area contributed by atoms with Crippen LogP contribution in [0.3, 0.4) is 0 Å². The highest BCUT2D eigenvalue weighted by Gasteiger charge is 2.36. The smallest absolute Gasteiger partial charge is 0.126 e. The second kappa shape index (κ2) is 7.54. The number of aromatic nitrogens is 1. The Bertz CT molecular complexity index is 691. The third-order valence-electron chi connectivity index (χ3n) is 4.26. The fraction of sp³-hybridized carbons (Fsp3) is 0.556. The number of aliphatic hydroxyl groups is 2. The van der Waals surface area contributed by atoms with Crippen LogP contribution in [0.2, 0.25) is 0 Å². The molecule has 0 spiro atoms. The summed E-state index contributed by atoms with van der Waals surface area (Å²) < 4.78 is 6.55. The molecule has 24 heavy (non-hydrogen) atoms. The summed E-state index contributed by atoms with van der Waals surface area (Å²) in [5.74, 6) is 0. The molecule has 2 aromatic rings. The molecule has 0 aliphatic heterocycles. The maximum Gasteiger partial charge on any atom is 0.126 e. The van der Waals surface area contributed by atoms with E-state index in [0.717, 1.165) is 39.6 Å². The van der Waals surface area contributed by atoms with Gasteiger partial charge in [-0.25, -0.2) is 0 Å². The minimum absolute atomic E-state index is 0.631. The summed E-state index contributed by atoms with van der Waals surface area (Å²) in [7, 11) is 5.62. The summed E-state index contributed by atoms with van der Waals surface area (Å²) in [6.45, 7) is 4.05. The summed E-state index contributed by atoms with van der Waals surface area (Å²) >= 11 is 3.49. The number of aliphatic hydroxyl groups excluding tert-OH is 1. The van der Waals surface area contributed by atoms with Crippen LogP contribution in [0.1, 0.15) is 31.2 Å². The normalized spacial score (nSPS) is 15.2. The van der Waals surface area contributed by atoms with E-state index < -0.39 is 17.8 Å². The van der Waals surface area contributed by atoms with Crippen molar-refractivity contribution in [1.29, 1.82) is 0 Å². The lowest BCUT2D eigenvalue weighted by Gasteiger charge is -2.31. The monoisotopic (exact) mass is 398 g/mol. The number of halogens is 1. The number of benzene rings is 1. The first-order valence-corrected chi connectivity index (χ1v) is 8.82. The van der Waals surface area contributed by atoms with Gasteiger partial charge in [-0.15, -0.1) is 0 Å². The van der Waals surface area contributed by atoms with Crippen LogP contribution in [0.25, 0.3) is 10.9 Å². The van der Waals surface area contributed by atoms with E-state index in [1.807, 2.05) is 26.2 Å². The van der Waals surface area contributed by atoms with E-state index in [9.17, 15) is 10.2 Å². The van der Waals surface area contributed by atoms with Crippen molar-refractivity contribution < 1.29 is 14.9 Å². The highest BCUT2D eigenvalue weighted by Crippen LogP contribution is 2.34. The molecule has 1 aromatic heterocycles. The van der Waals surface area contributed by atoms with E-state index in [1.165, 1.54) is 0 Å². The van der Waals surface area contributed by atoms with Crippen molar-refractivity contribution in [3.63, 3.8) is 0 Å². The number of likely N-dealkylation sites (N-methyl/N-ethyl adjacent to an activating group) is 1. The number of hydrogen-bond acceptors (Lipinski definition) is 4. The second-order valence-corrected chi connectivity index (χ2v) is 7.93. The summed E-state index contributed by atoms with van der Waals surface area (Å²) in [6.07, 6.45) is -0.854. The minimum Gasteiger partial charge on any atom is -0.388 e. The summed E-state index contributed by atoms with van der Waals surface area (Å²) in [5.41, 5.74) is 1.65. The van der Waals surface area contributed by atoms with E-state index >= 15 is 0 Å². The lowest BCUT2D eigenvalue weighted by atomic mass is 9.92. The van der Waals surface area contributed by atoms with Crippen LogP contribution in [-0.4, -0.2) is 59.6 Å². The molecule has 0 fully saturated rings. The predicted molar refractivity (Wildman–Crippen MR) is 100 cm³/mol. The zero-order valence-electron chi connectivity index (χ0n) is 14.9. The first-order valence-electron chi connectivity index (χ1n) is 8.03. The van der Waals surface area contributed by atoms with Crippen molar-refractivity contribution in [2.45, 2.75) is 38.1 Å². The van der Waals surface area contributed by atoms with Crippen molar-refractivity contribution in [3.8, 4) is 0 Å². The Morgan fingerprint density at radius 2 is 2.00 bits per heavy atom. The zero-order valence-corrected chi connectivity index (χ0v) is 16.5. The molecule has 0 amide bonds. The summed E-state index contributed by atoms with van der Waals surface area (Å²) in [5, 5.41) is 21.9. The Labute approximate surface area is 151 Å².